The molecule has 0 spiro atoms. The molecule has 0 saturated carbocycles. The van der Waals surface area contributed by atoms with E-state index in [1.165, 1.54) is 21.4 Å². The van der Waals surface area contributed by atoms with Crippen molar-refractivity contribution in [2.75, 3.05) is 0 Å². The highest BCUT2D eigenvalue weighted by Gasteiger charge is 2.20. The minimum atomic E-state index is -0.811. The number of para-hydroxylation sites is 2. The average Bonchev–Trinajstić information content (AvgIpc) is 3.20. The van der Waals surface area contributed by atoms with Crippen LogP contribution in [0.3, 0.4) is 0 Å². The summed E-state index contributed by atoms with van der Waals surface area (Å²) >= 11 is 0. The SMILES string of the molecule is c1ccc(P(c2ccccc2)c2cncc(-n3c4ccccc4c4ccccc43)n2)cc1. The number of rotatable bonds is 4. The Morgan fingerprint density at radius 3 is 1.59 bits per heavy atom. The van der Waals surface area contributed by atoms with Gasteiger partial charge < -0.3 is 0 Å². The van der Waals surface area contributed by atoms with Crippen LogP contribution in [0.15, 0.2) is 122 Å². The predicted octanol–water partition coefficient (Wildman–Crippen LogP) is 5.33. The van der Waals surface area contributed by atoms with E-state index in [9.17, 15) is 0 Å². The highest BCUT2D eigenvalue weighted by Crippen LogP contribution is 2.33. The molecule has 0 atom stereocenters. The largest absolute Gasteiger partial charge is 0.292 e. The van der Waals surface area contributed by atoms with Gasteiger partial charge in [-0.2, -0.15) is 0 Å². The van der Waals surface area contributed by atoms with Gasteiger partial charge in [-0.15, -0.1) is 0 Å². The van der Waals surface area contributed by atoms with Crippen LogP contribution in [0.1, 0.15) is 0 Å². The highest BCUT2D eigenvalue weighted by atomic mass is 31.1. The standard InChI is InChI=1S/C28H20N3P/c1-3-11-21(12-4-1)32(22-13-5-2-6-14-22)28-20-29-19-27(30-28)31-25-17-9-7-15-23(25)24-16-8-10-18-26(24)31/h1-20H. The van der Waals surface area contributed by atoms with Crippen molar-refractivity contribution < 1.29 is 0 Å². The summed E-state index contributed by atoms with van der Waals surface area (Å²) in [6.45, 7) is 0. The second kappa shape index (κ2) is 8.03. The molecule has 0 aliphatic carbocycles. The van der Waals surface area contributed by atoms with E-state index in [0.29, 0.717) is 0 Å². The molecule has 0 fully saturated rings. The zero-order chi connectivity index (χ0) is 21.3. The molecular formula is C28H20N3P. The van der Waals surface area contributed by atoms with E-state index in [4.69, 9.17) is 4.98 Å². The monoisotopic (exact) mass is 429 g/mol. The van der Waals surface area contributed by atoms with Crippen LogP contribution in [-0.2, 0) is 0 Å². The highest BCUT2D eigenvalue weighted by molar-refractivity contribution is 7.79. The van der Waals surface area contributed by atoms with Crippen LogP contribution >= 0.6 is 7.92 Å². The predicted molar refractivity (Wildman–Crippen MR) is 135 cm³/mol. The molecule has 0 N–H and O–H groups in total. The third kappa shape index (κ3) is 3.19. The Hall–Kier alpha value is -3.81. The molecular weight excluding hydrogens is 409 g/mol. The van der Waals surface area contributed by atoms with Gasteiger partial charge in [0.25, 0.3) is 0 Å². The third-order valence-electron chi connectivity index (χ3n) is 5.68. The molecule has 4 heteroatoms. The van der Waals surface area contributed by atoms with Crippen molar-refractivity contribution in [1.82, 2.24) is 14.5 Å². The normalized spacial score (nSPS) is 11.4. The van der Waals surface area contributed by atoms with Gasteiger partial charge in [0.15, 0.2) is 5.82 Å². The fourth-order valence-electron chi connectivity index (χ4n) is 4.30. The zero-order valence-electron chi connectivity index (χ0n) is 17.3. The lowest BCUT2D eigenvalue weighted by atomic mass is 10.2. The molecule has 6 aromatic rings. The molecule has 2 aromatic heterocycles. The van der Waals surface area contributed by atoms with E-state index in [1.54, 1.807) is 0 Å². The fourth-order valence-corrected chi connectivity index (χ4v) is 6.45. The molecule has 0 aliphatic rings. The molecule has 4 aromatic carbocycles. The number of hydrogen-bond donors (Lipinski definition) is 0. The van der Waals surface area contributed by atoms with E-state index in [1.807, 2.05) is 12.4 Å². The van der Waals surface area contributed by atoms with Crippen LogP contribution in [0.25, 0.3) is 27.6 Å². The maximum atomic E-state index is 5.20. The van der Waals surface area contributed by atoms with E-state index in [0.717, 1.165) is 22.3 Å². The molecule has 3 nitrogen and oxygen atoms in total. The first-order valence-corrected chi connectivity index (χ1v) is 12.0. The lowest BCUT2D eigenvalue weighted by Crippen LogP contribution is -2.24. The second-order valence-corrected chi connectivity index (χ2v) is 9.77. The first-order valence-electron chi connectivity index (χ1n) is 10.6. The van der Waals surface area contributed by atoms with E-state index < -0.39 is 7.92 Å². The third-order valence-corrected chi connectivity index (χ3v) is 7.98. The lowest BCUT2D eigenvalue weighted by molar-refractivity contribution is 1.06. The lowest BCUT2D eigenvalue weighted by Gasteiger charge is -2.18. The maximum Gasteiger partial charge on any atom is 0.156 e. The quantitative estimate of drug-likeness (QED) is 0.355. The van der Waals surface area contributed by atoms with Crippen LogP contribution in [0, 0.1) is 0 Å². The van der Waals surface area contributed by atoms with E-state index >= 15 is 0 Å². The van der Waals surface area contributed by atoms with Crippen molar-refractivity contribution in [3.05, 3.63) is 122 Å². The van der Waals surface area contributed by atoms with Gasteiger partial charge in [-0.25, -0.2) is 4.98 Å². The smallest absolute Gasteiger partial charge is 0.156 e. The van der Waals surface area contributed by atoms with Gasteiger partial charge in [0.1, 0.15) is 0 Å². The number of aromatic nitrogens is 3. The Balaban J connectivity index is 1.59. The molecule has 0 aliphatic heterocycles. The Morgan fingerprint density at radius 2 is 1.03 bits per heavy atom. The summed E-state index contributed by atoms with van der Waals surface area (Å²) in [5, 5.41) is 4.98. The molecule has 0 amide bonds. The Kier molecular flexibility index (Phi) is 4.75. The van der Waals surface area contributed by atoms with Crippen molar-refractivity contribution in [1.29, 1.82) is 0 Å². The molecule has 2 heterocycles. The van der Waals surface area contributed by atoms with Gasteiger partial charge in [0.2, 0.25) is 0 Å². The summed E-state index contributed by atoms with van der Waals surface area (Å²) in [4.78, 5) is 9.86. The van der Waals surface area contributed by atoms with Gasteiger partial charge in [0.05, 0.1) is 28.9 Å². The molecule has 0 unspecified atom stereocenters. The molecule has 32 heavy (non-hydrogen) atoms. The van der Waals surface area contributed by atoms with Crippen molar-refractivity contribution >= 4 is 45.8 Å². The number of hydrogen-bond acceptors (Lipinski definition) is 2. The van der Waals surface area contributed by atoms with Crippen molar-refractivity contribution in [2.45, 2.75) is 0 Å². The summed E-state index contributed by atoms with van der Waals surface area (Å²) in [5.41, 5.74) is 3.28. The fraction of sp³-hybridized carbons (Fsp3) is 0. The summed E-state index contributed by atoms with van der Waals surface area (Å²) < 4.78 is 2.23. The molecule has 152 valence electrons. The molecule has 0 bridgehead atoms. The summed E-state index contributed by atoms with van der Waals surface area (Å²) in [7, 11) is -0.811. The second-order valence-electron chi connectivity index (χ2n) is 7.61. The summed E-state index contributed by atoms with van der Waals surface area (Å²) in [5.74, 6) is 0.847. The van der Waals surface area contributed by atoms with Crippen molar-refractivity contribution in [3.63, 3.8) is 0 Å². The topological polar surface area (TPSA) is 30.7 Å². The minimum Gasteiger partial charge on any atom is -0.292 e. The van der Waals surface area contributed by atoms with Gasteiger partial charge in [-0.1, -0.05) is 97.1 Å². The van der Waals surface area contributed by atoms with Crippen LogP contribution in [0.4, 0.5) is 0 Å². The van der Waals surface area contributed by atoms with Crippen LogP contribution < -0.4 is 16.0 Å². The van der Waals surface area contributed by atoms with E-state index in [2.05, 4.69) is 119 Å². The Morgan fingerprint density at radius 1 is 0.531 bits per heavy atom. The number of benzene rings is 4. The average molecular weight is 429 g/mol. The summed E-state index contributed by atoms with van der Waals surface area (Å²) in [6, 6.07) is 38.2. The Labute approximate surface area is 187 Å². The van der Waals surface area contributed by atoms with Crippen molar-refractivity contribution in [2.24, 2.45) is 0 Å². The van der Waals surface area contributed by atoms with Crippen LogP contribution in [0.5, 0.6) is 0 Å². The maximum absolute atomic E-state index is 5.20. The van der Waals surface area contributed by atoms with Crippen molar-refractivity contribution in [3.8, 4) is 5.82 Å². The first-order chi connectivity index (χ1) is 15.9. The summed E-state index contributed by atoms with van der Waals surface area (Å²) in [6.07, 6.45) is 3.79. The first kappa shape index (κ1) is 18.9. The Bertz CT molecular complexity index is 1430. The number of fused-ring (bicyclic) bond motifs is 3. The van der Waals surface area contributed by atoms with Gasteiger partial charge in [-0.05, 0) is 22.7 Å². The molecule has 0 saturated heterocycles. The molecule has 0 radical (unpaired) electrons. The molecule has 6 rings (SSSR count). The van der Waals surface area contributed by atoms with Crippen LogP contribution in [-0.4, -0.2) is 14.5 Å². The van der Waals surface area contributed by atoms with Crippen LogP contribution in [0.2, 0.25) is 0 Å². The van der Waals surface area contributed by atoms with Gasteiger partial charge in [-0.3, -0.25) is 9.55 Å². The number of nitrogens with zero attached hydrogens (tertiary/aromatic N) is 3. The van der Waals surface area contributed by atoms with Gasteiger partial charge >= 0.3 is 0 Å². The zero-order valence-corrected chi connectivity index (χ0v) is 18.2. The van der Waals surface area contributed by atoms with Gasteiger partial charge in [0, 0.05) is 18.7 Å². The van der Waals surface area contributed by atoms with E-state index in [-0.39, 0.29) is 0 Å². The minimum absolute atomic E-state index is 0.811.